The van der Waals surface area contributed by atoms with Gasteiger partial charge >= 0.3 is 0 Å². The molecular formula is C109H124OS. The van der Waals surface area contributed by atoms with Crippen LogP contribution in [-0.4, -0.2) is 0 Å². The largest absolute Gasteiger partial charge is 0.456 e. The maximum atomic E-state index is 5.65. The van der Waals surface area contributed by atoms with Gasteiger partial charge < -0.3 is 4.42 Å². The molecule has 0 atom stereocenters. The molecule has 0 saturated carbocycles. The van der Waals surface area contributed by atoms with E-state index < -0.39 is 0 Å². The monoisotopic (exact) mass is 1480 g/mol. The zero-order valence-corrected chi connectivity index (χ0v) is 71.6. The first-order valence-electron chi connectivity index (χ1n) is 39.3. The summed E-state index contributed by atoms with van der Waals surface area (Å²) < 4.78 is 8.41. The van der Waals surface area contributed by atoms with E-state index in [0.29, 0.717) is 27.1 Å². The summed E-state index contributed by atoms with van der Waals surface area (Å²) in [5.41, 5.74) is 7.07. The molecule has 2 heterocycles. The van der Waals surface area contributed by atoms with Gasteiger partial charge in [-0.05, 0) is 153 Å². The standard InChI is InChI=1S/C18H12.2C14H10.C12H8O.C12H8S.2C7H8.5C5H12/c1-2-8-14-13(7-1)15-9-3-4-11-17(15)18-12-6-5-10-16(14)18;1-3-7-13-11(5-1)9-10-12-6-2-4-8-14(12)13;1-2-6-12-10-14-8-4-3-7-13(14)9-11(12)5-1;2*1-3-7-11-9(5-1)10-6-2-4-8-12(10)13-11;2*1-7-5-3-2-4-6-7;5*1-5(2,3)4/h1-12H;2*1-10H;2*1-8H;2*2-6H,1H3;5*1-4H3. The van der Waals surface area contributed by atoms with Crippen LogP contribution in [0, 0.1) is 40.9 Å². The molecule has 2 heteroatoms. The lowest BCUT2D eigenvalue weighted by Gasteiger charge is -2.09. The Morgan fingerprint density at radius 2 is 0.351 bits per heavy atom. The second-order valence-corrected chi connectivity index (χ2v) is 37.3. The molecule has 18 rings (SSSR count). The second kappa shape index (κ2) is 42.0. The fourth-order valence-corrected chi connectivity index (χ4v) is 12.2. The Labute approximate surface area is 671 Å². The Morgan fingerprint density at radius 3 is 0.586 bits per heavy atom. The van der Waals surface area contributed by atoms with Gasteiger partial charge in [-0.15, -0.1) is 11.3 Å². The molecule has 0 unspecified atom stereocenters. The number of rotatable bonds is 0. The molecule has 0 spiro atoms. The lowest BCUT2D eigenvalue weighted by Crippen LogP contribution is -1.93. The van der Waals surface area contributed by atoms with E-state index in [9.17, 15) is 0 Å². The average Bonchev–Trinajstić information content (AvgIpc) is 1.33. The molecule has 0 saturated heterocycles. The molecule has 0 amide bonds. The van der Waals surface area contributed by atoms with Gasteiger partial charge in [0, 0.05) is 30.9 Å². The smallest absolute Gasteiger partial charge is 0.135 e. The van der Waals surface area contributed by atoms with E-state index in [1.54, 1.807) is 0 Å². The minimum atomic E-state index is 0.500. The third-order valence-corrected chi connectivity index (χ3v) is 16.5. The first-order valence-corrected chi connectivity index (χ1v) is 40.1. The maximum Gasteiger partial charge on any atom is 0.135 e. The first-order chi connectivity index (χ1) is 52.5. The molecule has 18 aromatic rings. The van der Waals surface area contributed by atoms with Crippen molar-refractivity contribution in [2.45, 2.75) is 152 Å². The Hall–Kier alpha value is -10.6. The van der Waals surface area contributed by atoms with E-state index in [0.717, 1.165) is 11.2 Å². The van der Waals surface area contributed by atoms with E-state index in [-0.39, 0.29) is 0 Å². The maximum absolute atomic E-state index is 5.65. The molecule has 16 aromatic carbocycles. The van der Waals surface area contributed by atoms with Gasteiger partial charge in [0.2, 0.25) is 0 Å². The molecule has 0 aliphatic heterocycles. The Bertz CT molecular complexity index is 5020. The Balaban J connectivity index is 0.000000173. The van der Waals surface area contributed by atoms with Crippen LogP contribution in [0.5, 0.6) is 0 Å². The Kier molecular flexibility index (Phi) is 33.1. The topological polar surface area (TPSA) is 13.1 Å². The van der Waals surface area contributed by atoms with Crippen LogP contribution in [0.15, 0.2) is 356 Å². The SMILES string of the molecule is CC(C)(C)C.CC(C)(C)C.CC(C)(C)C.CC(C)(C)C.CC(C)(C)C.Cc1ccccc1.Cc1ccccc1.c1ccc2c(c1)c1ccccc1c1ccccc21.c1ccc2c(c1)ccc1ccccc12.c1ccc2c(c1)oc1ccccc12.c1ccc2c(c1)sc1ccccc12.c1ccc2cc3ccccc3cc2c1. The number of fused-ring (bicyclic) bond motifs is 17. The normalized spacial score (nSPS) is 11.0. The van der Waals surface area contributed by atoms with Crippen molar-refractivity contribution in [3.63, 3.8) is 0 Å². The van der Waals surface area contributed by atoms with Crippen LogP contribution in [-0.2, 0) is 0 Å². The number of thiophene rings is 1. The molecule has 2 aromatic heterocycles. The molecule has 1 nitrogen and oxygen atoms in total. The van der Waals surface area contributed by atoms with Crippen LogP contribution >= 0.6 is 11.3 Å². The van der Waals surface area contributed by atoms with Crippen LogP contribution in [0.3, 0.4) is 0 Å². The van der Waals surface area contributed by atoms with Crippen LogP contribution < -0.4 is 0 Å². The third-order valence-electron chi connectivity index (χ3n) is 15.4. The van der Waals surface area contributed by atoms with Gasteiger partial charge in [-0.3, -0.25) is 0 Å². The molecule has 0 N–H and O–H groups in total. The van der Waals surface area contributed by atoms with E-state index in [1.165, 1.54) is 117 Å². The van der Waals surface area contributed by atoms with Gasteiger partial charge in [0.25, 0.3) is 0 Å². The Morgan fingerprint density at radius 1 is 0.171 bits per heavy atom. The number of aryl methyl sites for hydroxylation is 2. The van der Waals surface area contributed by atoms with E-state index in [4.69, 9.17) is 4.42 Å². The van der Waals surface area contributed by atoms with Crippen molar-refractivity contribution in [3.8, 4) is 0 Å². The zero-order chi connectivity index (χ0) is 80.8. The summed E-state index contributed by atoms with van der Waals surface area (Å²) in [6.45, 7) is 47.9. The molecule has 111 heavy (non-hydrogen) atoms. The second-order valence-electron chi connectivity index (χ2n) is 36.2. The van der Waals surface area contributed by atoms with Crippen molar-refractivity contribution < 1.29 is 4.42 Å². The van der Waals surface area contributed by atoms with Gasteiger partial charge in [0.05, 0.1) is 0 Å². The molecule has 572 valence electrons. The summed E-state index contributed by atoms with van der Waals surface area (Å²) in [5.74, 6) is 0. The van der Waals surface area contributed by atoms with Crippen molar-refractivity contribution in [1.29, 1.82) is 0 Å². The van der Waals surface area contributed by atoms with Crippen LogP contribution in [0.1, 0.15) is 150 Å². The van der Waals surface area contributed by atoms with Gasteiger partial charge in [-0.2, -0.15) is 0 Å². The highest BCUT2D eigenvalue weighted by molar-refractivity contribution is 7.25. The van der Waals surface area contributed by atoms with Crippen LogP contribution in [0.4, 0.5) is 0 Å². The predicted octanol–water partition coefficient (Wildman–Crippen LogP) is 35.0. The lowest BCUT2D eigenvalue weighted by molar-refractivity contribution is 0.469. The van der Waals surface area contributed by atoms with Gasteiger partial charge in [-0.25, -0.2) is 0 Å². The van der Waals surface area contributed by atoms with Crippen LogP contribution in [0.25, 0.3) is 118 Å². The molecule has 0 aliphatic rings. The fourth-order valence-electron chi connectivity index (χ4n) is 11.1. The van der Waals surface area contributed by atoms with E-state index in [2.05, 4.69) is 431 Å². The minimum absolute atomic E-state index is 0.500. The number of hydrogen-bond donors (Lipinski definition) is 0. The number of para-hydroxylation sites is 2. The molecular weight excluding hydrogens is 1360 g/mol. The van der Waals surface area contributed by atoms with Gasteiger partial charge in [0.1, 0.15) is 11.2 Å². The summed E-state index contributed by atoms with van der Waals surface area (Å²) in [6, 6.07) is 123. The van der Waals surface area contributed by atoms with Crippen molar-refractivity contribution in [1.82, 2.24) is 0 Å². The molecule has 0 fully saturated rings. The quantitative estimate of drug-likeness (QED) is 0.109. The van der Waals surface area contributed by atoms with Gasteiger partial charge in [0.15, 0.2) is 0 Å². The summed E-state index contributed by atoms with van der Waals surface area (Å²) >= 11 is 1.86. The summed E-state index contributed by atoms with van der Waals surface area (Å²) in [7, 11) is 0. The summed E-state index contributed by atoms with van der Waals surface area (Å²) in [6.07, 6.45) is 0. The average molecular weight is 1480 g/mol. The third kappa shape index (κ3) is 32.1. The molecule has 0 aliphatic carbocycles. The summed E-state index contributed by atoms with van der Waals surface area (Å²) in [5, 5.41) is 23.7. The highest BCUT2D eigenvalue weighted by Crippen LogP contribution is 2.36. The first kappa shape index (κ1) is 87.6. The van der Waals surface area contributed by atoms with Crippen molar-refractivity contribution in [2.24, 2.45) is 27.1 Å². The number of benzene rings is 16. The highest BCUT2D eigenvalue weighted by atomic mass is 32.1. The van der Waals surface area contributed by atoms with Crippen molar-refractivity contribution >= 4 is 129 Å². The van der Waals surface area contributed by atoms with Crippen molar-refractivity contribution in [2.75, 3.05) is 0 Å². The zero-order valence-electron chi connectivity index (χ0n) is 70.8. The van der Waals surface area contributed by atoms with Gasteiger partial charge in [-0.1, -0.05) is 465 Å². The number of hydrogen-bond acceptors (Lipinski definition) is 2. The predicted molar refractivity (Wildman–Crippen MR) is 503 cm³/mol. The fraction of sp³-hybridized carbons (Fsp3) is 0.248. The van der Waals surface area contributed by atoms with Crippen molar-refractivity contribution in [3.05, 3.63) is 363 Å². The summed E-state index contributed by atoms with van der Waals surface area (Å²) in [4.78, 5) is 0. The highest BCUT2D eigenvalue weighted by Gasteiger charge is 2.09. The van der Waals surface area contributed by atoms with E-state index >= 15 is 0 Å². The van der Waals surface area contributed by atoms with Crippen LogP contribution in [0.2, 0.25) is 0 Å². The molecule has 0 bridgehead atoms. The molecule has 0 radical (unpaired) electrons. The minimum Gasteiger partial charge on any atom is -0.456 e. The number of furan rings is 1. The van der Waals surface area contributed by atoms with E-state index in [1.807, 2.05) is 84.1 Å². The lowest BCUT2D eigenvalue weighted by atomic mass is 9.95.